The molecule has 1 N–H and O–H groups in total. The first kappa shape index (κ1) is 24.4. The van der Waals surface area contributed by atoms with E-state index in [0.29, 0.717) is 6.42 Å². The number of hydrogen-bond acceptors (Lipinski definition) is 4. The van der Waals surface area contributed by atoms with Gasteiger partial charge in [0.05, 0.1) is 0 Å². The normalized spacial score (nSPS) is 13.4. The van der Waals surface area contributed by atoms with Crippen LogP contribution in [0.4, 0.5) is 0 Å². The highest BCUT2D eigenvalue weighted by molar-refractivity contribution is 5.69. The van der Waals surface area contributed by atoms with Crippen LogP contribution in [0.25, 0.3) is 0 Å². The molecule has 150 valence electrons. The van der Waals surface area contributed by atoms with E-state index in [1.54, 1.807) is 0 Å². The van der Waals surface area contributed by atoms with Crippen molar-refractivity contribution in [1.29, 1.82) is 0 Å². The zero-order valence-corrected chi connectivity index (χ0v) is 16.6. The minimum Gasteiger partial charge on any atom is -0.439 e. The van der Waals surface area contributed by atoms with Crippen molar-refractivity contribution >= 4 is 5.97 Å². The number of carbonyl (C=O) groups is 1. The molecule has 0 bridgehead atoms. The highest BCUT2D eigenvalue weighted by Crippen LogP contribution is 2.13. The lowest BCUT2D eigenvalue weighted by atomic mass is 10.0. The van der Waals surface area contributed by atoms with Crippen LogP contribution in [0.2, 0.25) is 0 Å². The maximum absolute atomic E-state index is 11.0. The molecule has 4 heteroatoms. The zero-order chi connectivity index (χ0) is 18.4. The molecule has 0 radical (unpaired) electrons. The second-order valence-electron chi connectivity index (χ2n) is 6.96. The fraction of sp³-hybridized carbons (Fsp3) is 0.952. The van der Waals surface area contributed by atoms with E-state index in [2.05, 4.69) is 11.7 Å². The smallest absolute Gasteiger partial charge is 0.307 e. The first-order chi connectivity index (χ1) is 12.3. The number of unbranched alkanes of at least 4 members (excludes halogenated alkanes) is 12. The van der Waals surface area contributed by atoms with Crippen molar-refractivity contribution in [2.24, 2.45) is 0 Å². The summed E-state index contributed by atoms with van der Waals surface area (Å²) in [6.45, 7) is 3.77. The first-order valence-electron chi connectivity index (χ1n) is 10.7. The molecule has 1 aliphatic heterocycles. The van der Waals surface area contributed by atoms with Gasteiger partial charge in [-0.1, -0.05) is 84.0 Å². The zero-order valence-electron chi connectivity index (χ0n) is 16.6. The number of hydrogen-bond donors (Lipinski definition) is 1. The minimum absolute atomic E-state index is 0.282. The SMILES string of the molecule is C1CCOC1.CCCCCCCCCCCCCCCC(=O)OCO. The van der Waals surface area contributed by atoms with E-state index in [1.807, 2.05) is 0 Å². The maximum Gasteiger partial charge on any atom is 0.307 e. The van der Waals surface area contributed by atoms with Gasteiger partial charge in [-0.05, 0) is 19.3 Å². The standard InChI is InChI=1S/C17H34O3.C4H8O/c1-2-3-4-5-6-7-8-9-10-11-12-13-14-15-17(19)20-16-18;1-2-4-5-3-1/h18H,2-16H2,1H3;1-4H2. The van der Waals surface area contributed by atoms with Gasteiger partial charge in [-0.15, -0.1) is 0 Å². The lowest BCUT2D eigenvalue weighted by Gasteiger charge is -2.03. The van der Waals surface area contributed by atoms with Gasteiger partial charge in [0.25, 0.3) is 0 Å². The molecule has 1 aliphatic rings. The van der Waals surface area contributed by atoms with Gasteiger partial charge < -0.3 is 14.6 Å². The minimum atomic E-state index is -0.489. The average molecular weight is 359 g/mol. The Hall–Kier alpha value is -0.610. The third-order valence-corrected chi connectivity index (χ3v) is 4.54. The Kier molecular flexibility index (Phi) is 20.9. The summed E-state index contributed by atoms with van der Waals surface area (Å²) >= 11 is 0. The molecular formula is C21H42O4. The molecule has 4 nitrogen and oxygen atoms in total. The Morgan fingerprint density at radius 1 is 0.800 bits per heavy atom. The summed E-state index contributed by atoms with van der Waals surface area (Å²) in [5.74, 6) is -0.282. The summed E-state index contributed by atoms with van der Waals surface area (Å²) in [5, 5.41) is 8.40. The summed E-state index contributed by atoms with van der Waals surface area (Å²) < 4.78 is 9.41. The van der Waals surface area contributed by atoms with Gasteiger partial charge >= 0.3 is 5.97 Å². The second kappa shape index (κ2) is 21.4. The summed E-state index contributed by atoms with van der Waals surface area (Å²) in [4.78, 5) is 11.0. The largest absolute Gasteiger partial charge is 0.439 e. The van der Waals surface area contributed by atoms with Crippen molar-refractivity contribution in [3.05, 3.63) is 0 Å². The van der Waals surface area contributed by atoms with Crippen LogP contribution in [0.5, 0.6) is 0 Å². The van der Waals surface area contributed by atoms with Gasteiger partial charge in [0.15, 0.2) is 6.79 Å². The second-order valence-corrected chi connectivity index (χ2v) is 6.96. The van der Waals surface area contributed by atoms with E-state index in [1.165, 1.54) is 83.5 Å². The molecule has 0 aromatic rings. The number of aliphatic hydroxyl groups is 1. The molecule has 1 heterocycles. The van der Waals surface area contributed by atoms with Crippen molar-refractivity contribution in [2.75, 3.05) is 20.0 Å². The molecule has 0 saturated carbocycles. The number of esters is 1. The van der Waals surface area contributed by atoms with Gasteiger partial charge in [-0.2, -0.15) is 0 Å². The molecule has 1 rings (SSSR count). The lowest BCUT2D eigenvalue weighted by molar-refractivity contribution is -0.151. The van der Waals surface area contributed by atoms with E-state index in [0.717, 1.165) is 26.1 Å². The fourth-order valence-electron chi connectivity index (χ4n) is 2.94. The molecular weight excluding hydrogens is 316 g/mol. The van der Waals surface area contributed by atoms with Crippen molar-refractivity contribution in [3.63, 3.8) is 0 Å². The van der Waals surface area contributed by atoms with Gasteiger partial charge in [0, 0.05) is 19.6 Å². The lowest BCUT2D eigenvalue weighted by Crippen LogP contribution is -2.04. The Balaban J connectivity index is 0.000000972. The van der Waals surface area contributed by atoms with E-state index < -0.39 is 6.79 Å². The van der Waals surface area contributed by atoms with Crippen molar-refractivity contribution in [2.45, 2.75) is 110 Å². The van der Waals surface area contributed by atoms with Crippen molar-refractivity contribution in [1.82, 2.24) is 0 Å². The molecule has 0 aliphatic carbocycles. The summed E-state index contributed by atoms with van der Waals surface area (Å²) in [5.41, 5.74) is 0. The predicted molar refractivity (Wildman–Crippen MR) is 104 cm³/mol. The average Bonchev–Trinajstić information content (AvgIpc) is 3.19. The van der Waals surface area contributed by atoms with Gasteiger partial charge in [-0.3, -0.25) is 4.79 Å². The molecule has 0 amide bonds. The Morgan fingerprint density at radius 3 is 1.60 bits per heavy atom. The Labute approximate surface area is 155 Å². The Bertz CT molecular complexity index is 257. The van der Waals surface area contributed by atoms with Crippen LogP contribution in [-0.4, -0.2) is 31.1 Å². The third-order valence-electron chi connectivity index (χ3n) is 4.54. The first-order valence-corrected chi connectivity index (χ1v) is 10.7. The molecule has 0 atom stereocenters. The van der Waals surface area contributed by atoms with Gasteiger partial charge in [0.1, 0.15) is 0 Å². The summed E-state index contributed by atoms with van der Waals surface area (Å²) in [6, 6.07) is 0. The van der Waals surface area contributed by atoms with Crippen molar-refractivity contribution < 1.29 is 19.4 Å². The highest BCUT2D eigenvalue weighted by Gasteiger charge is 2.00. The van der Waals surface area contributed by atoms with Gasteiger partial charge in [0.2, 0.25) is 0 Å². The molecule has 25 heavy (non-hydrogen) atoms. The monoisotopic (exact) mass is 358 g/mol. The highest BCUT2D eigenvalue weighted by atomic mass is 16.6. The van der Waals surface area contributed by atoms with Crippen LogP contribution < -0.4 is 0 Å². The molecule has 0 aromatic heterocycles. The molecule has 1 fully saturated rings. The maximum atomic E-state index is 11.0. The van der Waals surface area contributed by atoms with E-state index in [4.69, 9.17) is 9.84 Å². The predicted octanol–water partition coefficient (Wildman–Crippen LogP) is 5.76. The van der Waals surface area contributed by atoms with Crippen LogP contribution in [0, 0.1) is 0 Å². The van der Waals surface area contributed by atoms with Crippen LogP contribution in [0.3, 0.4) is 0 Å². The van der Waals surface area contributed by atoms with E-state index >= 15 is 0 Å². The summed E-state index contributed by atoms with van der Waals surface area (Å²) in [6.07, 6.45) is 19.9. The molecule has 0 unspecified atom stereocenters. The number of carbonyl (C=O) groups excluding carboxylic acids is 1. The van der Waals surface area contributed by atoms with Crippen molar-refractivity contribution in [3.8, 4) is 0 Å². The van der Waals surface area contributed by atoms with Crippen LogP contribution in [0.15, 0.2) is 0 Å². The number of aliphatic hydroxyl groups excluding tert-OH is 1. The molecule has 1 saturated heterocycles. The molecule has 0 spiro atoms. The number of ether oxygens (including phenoxy) is 2. The fourth-order valence-corrected chi connectivity index (χ4v) is 2.94. The van der Waals surface area contributed by atoms with Crippen LogP contribution in [-0.2, 0) is 14.3 Å². The van der Waals surface area contributed by atoms with Crippen LogP contribution in [0.1, 0.15) is 110 Å². The van der Waals surface area contributed by atoms with Crippen LogP contribution >= 0.6 is 0 Å². The Morgan fingerprint density at radius 2 is 1.24 bits per heavy atom. The summed E-state index contributed by atoms with van der Waals surface area (Å²) in [7, 11) is 0. The number of rotatable bonds is 15. The third kappa shape index (κ3) is 21.3. The quantitative estimate of drug-likeness (QED) is 0.230. The van der Waals surface area contributed by atoms with Gasteiger partial charge in [-0.25, -0.2) is 0 Å². The van der Waals surface area contributed by atoms with E-state index in [-0.39, 0.29) is 5.97 Å². The topological polar surface area (TPSA) is 55.8 Å². The molecule has 0 aromatic carbocycles. The van der Waals surface area contributed by atoms with E-state index in [9.17, 15) is 4.79 Å².